The predicted molar refractivity (Wildman–Crippen MR) is 49.2 cm³/mol. The summed E-state index contributed by atoms with van der Waals surface area (Å²) in [6.45, 7) is -1.37. The van der Waals surface area contributed by atoms with Gasteiger partial charge in [0.15, 0.2) is 6.10 Å². The minimum atomic E-state index is -4.48. The number of hydrogen-bond donors (Lipinski definition) is 1. The number of alkyl halides is 3. The average Bonchev–Trinajstić information content (AvgIpc) is 2.62. The quantitative estimate of drug-likeness (QED) is 0.803. The van der Waals surface area contributed by atoms with E-state index in [0.717, 1.165) is 7.05 Å². The first-order valence-electron chi connectivity index (χ1n) is 4.90. The van der Waals surface area contributed by atoms with Crippen molar-refractivity contribution in [2.45, 2.75) is 31.2 Å². The van der Waals surface area contributed by atoms with E-state index in [-0.39, 0.29) is 12.8 Å². The van der Waals surface area contributed by atoms with Crippen molar-refractivity contribution in [2.75, 3.05) is 13.6 Å². The van der Waals surface area contributed by atoms with Gasteiger partial charge in [0.05, 0.1) is 0 Å². The van der Waals surface area contributed by atoms with E-state index in [1.54, 1.807) is 0 Å². The number of carbonyl (C=O) groups excluding carboxylic acids is 1. The highest BCUT2D eigenvalue weighted by atomic mass is 19.4. The van der Waals surface area contributed by atoms with Crippen LogP contribution in [0.5, 0.6) is 0 Å². The lowest BCUT2D eigenvalue weighted by atomic mass is 10.2. The molecule has 1 aliphatic rings. The lowest BCUT2D eigenvalue weighted by molar-refractivity contribution is -0.167. The second-order valence-corrected chi connectivity index (χ2v) is 3.84. The molecule has 1 N–H and O–H groups in total. The summed E-state index contributed by atoms with van der Waals surface area (Å²) in [5.74, 6) is -2.05. The highest BCUT2D eigenvalue weighted by Gasteiger charge is 2.39. The van der Waals surface area contributed by atoms with Gasteiger partial charge in [-0.05, 0) is 12.8 Å². The van der Waals surface area contributed by atoms with Gasteiger partial charge in [-0.3, -0.25) is 4.79 Å². The molecule has 0 aliphatic carbocycles. The van der Waals surface area contributed by atoms with E-state index < -0.39 is 36.8 Å². The number of rotatable bonds is 3. The summed E-state index contributed by atoms with van der Waals surface area (Å²) >= 11 is 0. The van der Waals surface area contributed by atoms with Crippen molar-refractivity contribution >= 4 is 11.9 Å². The van der Waals surface area contributed by atoms with Crippen LogP contribution in [0.3, 0.4) is 0 Å². The van der Waals surface area contributed by atoms with E-state index in [4.69, 9.17) is 9.84 Å². The third kappa shape index (κ3) is 3.88. The summed E-state index contributed by atoms with van der Waals surface area (Å²) in [4.78, 5) is 22.5. The molecule has 1 aliphatic heterocycles. The van der Waals surface area contributed by atoms with Gasteiger partial charge in [0.25, 0.3) is 5.91 Å². The maximum Gasteiger partial charge on any atom is 0.406 e. The minimum absolute atomic E-state index is 0.123. The molecular formula is C9H12F3NO4. The Morgan fingerprint density at radius 2 is 1.88 bits per heavy atom. The molecule has 0 aromatic rings. The molecular weight excluding hydrogens is 243 g/mol. The second kappa shape index (κ2) is 4.91. The van der Waals surface area contributed by atoms with Crippen LogP contribution in [-0.4, -0.2) is 53.9 Å². The molecule has 17 heavy (non-hydrogen) atoms. The van der Waals surface area contributed by atoms with Gasteiger partial charge in [-0.2, -0.15) is 13.2 Å². The number of nitrogens with zero attached hydrogens (tertiary/aromatic N) is 1. The number of likely N-dealkylation sites (N-methyl/N-ethyl adjacent to an activating group) is 1. The summed E-state index contributed by atoms with van der Waals surface area (Å²) in [6, 6.07) is 0. The van der Waals surface area contributed by atoms with Crippen LogP contribution in [0, 0.1) is 0 Å². The molecule has 1 amide bonds. The zero-order chi connectivity index (χ0) is 13.2. The summed E-state index contributed by atoms with van der Waals surface area (Å²) in [5.41, 5.74) is 0. The first kappa shape index (κ1) is 13.8. The molecule has 5 nitrogen and oxygen atoms in total. The largest absolute Gasteiger partial charge is 0.479 e. The molecule has 1 rings (SSSR count). The van der Waals surface area contributed by atoms with Crippen molar-refractivity contribution in [2.24, 2.45) is 0 Å². The molecule has 0 aromatic carbocycles. The van der Waals surface area contributed by atoms with Gasteiger partial charge < -0.3 is 14.7 Å². The first-order chi connectivity index (χ1) is 7.70. The van der Waals surface area contributed by atoms with Gasteiger partial charge in [0.2, 0.25) is 0 Å². The van der Waals surface area contributed by atoms with Crippen LogP contribution in [0.2, 0.25) is 0 Å². The summed E-state index contributed by atoms with van der Waals surface area (Å²) in [7, 11) is 1.01. The van der Waals surface area contributed by atoms with Gasteiger partial charge >= 0.3 is 12.1 Å². The lowest BCUT2D eigenvalue weighted by Gasteiger charge is -2.22. The van der Waals surface area contributed by atoms with E-state index in [0.29, 0.717) is 4.90 Å². The van der Waals surface area contributed by atoms with Crippen LogP contribution >= 0.6 is 0 Å². The van der Waals surface area contributed by atoms with Crippen LogP contribution in [0.4, 0.5) is 13.2 Å². The number of amides is 1. The van der Waals surface area contributed by atoms with Crippen molar-refractivity contribution in [3.63, 3.8) is 0 Å². The Morgan fingerprint density at radius 3 is 2.29 bits per heavy atom. The molecule has 0 radical (unpaired) electrons. The van der Waals surface area contributed by atoms with Gasteiger partial charge in [-0.15, -0.1) is 0 Å². The van der Waals surface area contributed by atoms with Crippen LogP contribution in [0.15, 0.2) is 0 Å². The molecule has 8 heteroatoms. The second-order valence-electron chi connectivity index (χ2n) is 3.84. The molecule has 98 valence electrons. The number of halogens is 3. The van der Waals surface area contributed by atoms with Crippen LogP contribution < -0.4 is 0 Å². The number of hydrogen-bond acceptors (Lipinski definition) is 3. The molecule has 0 aromatic heterocycles. The summed E-state index contributed by atoms with van der Waals surface area (Å²) in [5, 5.41) is 8.61. The maximum atomic E-state index is 12.0. The van der Waals surface area contributed by atoms with E-state index in [2.05, 4.69) is 0 Å². The third-order valence-corrected chi connectivity index (χ3v) is 2.36. The Balaban J connectivity index is 2.52. The minimum Gasteiger partial charge on any atom is -0.479 e. The van der Waals surface area contributed by atoms with Gasteiger partial charge in [-0.25, -0.2) is 4.79 Å². The Hall–Kier alpha value is -1.31. The maximum absolute atomic E-state index is 12.0. The molecule has 2 atom stereocenters. The van der Waals surface area contributed by atoms with Crippen molar-refractivity contribution in [1.29, 1.82) is 0 Å². The normalized spacial score (nSPS) is 24.7. The topological polar surface area (TPSA) is 66.8 Å². The van der Waals surface area contributed by atoms with Crippen molar-refractivity contribution in [1.82, 2.24) is 4.90 Å². The smallest absolute Gasteiger partial charge is 0.406 e. The zero-order valence-corrected chi connectivity index (χ0v) is 9.03. The molecule has 1 heterocycles. The van der Waals surface area contributed by atoms with Gasteiger partial charge in [-0.1, -0.05) is 0 Å². The Labute approximate surface area is 95.1 Å². The zero-order valence-electron chi connectivity index (χ0n) is 9.03. The molecule has 1 fully saturated rings. The fourth-order valence-electron chi connectivity index (χ4n) is 1.59. The fraction of sp³-hybridized carbons (Fsp3) is 0.778. The molecule has 2 unspecified atom stereocenters. The summed E-state index contributed by atoms with van der Waals surface area (Å²) in [6.07, 6.45) is -6.43. The molecule has 0 bridgehead atoms. The summed E-state index contributed by atoms with van der Waals surface area (Å²) < 4.78 is 41.0. The van der Waals surface area contributed by atoms with Gasteiger partial charge in [0.1, 0.15) is 12.6 Å². The standard InChI is InChI=1S/C9H12F3NO4/c1-13(4-9(10,11)12)7(14)5-2-3-6(17-5)8(15)16/h5-6H,2-4H2,1H3,(H,15,16). The average molecular weight is 255 g/mol. The van der Waals surface area contributed by atoms with E-state index in [9.17, 15) is 22.8 Å². The van der Waals surface area contributed by atoms with E-state index in [1.807, 2.05) is 0 Å². The third-order valence-electron chi connectivity index (χ3n) is 2.36. The predicted octanol–water partition coefficient (Wildman–Crippen LogP) is 0.639. The van der Waals surface area contributed by atoms with Crippen LogP contribution in [0.25, 0.3) is 0 Å². The van der Waals surface area contributed by atoms with Crippen LogP contribution in [0.1, 0.15) is 12.8 Å². The van der Waals surface area contributed by atoms with Crippen LogP contribution in [-0.2, 0) is 14.3 Å². The molecule has 0 spiro atoms. The van der Waals surface area contributed by atoms with Gasteiger partial charge in [0, 0.05) is 7.05 Å². The van der Waals surface area contributed by atoms with Crippen molar-refractivity contribution < 1.29 is 32.6 Å². The number of carbonyl (C=O) groups is 2. The Morgan fingerprint density at radius 1 is 1.35 bits per heavy atom. The number of ether oxygens (including phenoxy) is 1. The molecule has 0 saturated carbocycles. The Bertz CT molecular complexity index is 318. The molecule has 1 saturated heterocycles. The SMILES string of the molecule is CN(CC(F)(F)F)C(=O)C1CCC(C(=O)O)O1. The van der Waals surface area contributed by atoms with E-state index in [1.165, 1.54) is 0 Å². The number of carboxylic acids is 1. The number of carboxylic acid groups (broad SMARTS) is 1. The van der Waals surface area contributed by atoms with Crippen molar-refractivity contribution in [3.8, 4) is 0 Å². The fourth-order valence-corrected chi connectivity index (χ4v) is 1.59. The lowest BCUT2D eigenvalue weighted by Crippen LogP contribution is -2.42. The van der Waals surface area contributed by atoms with Crippen molar-refractivity contribution in [3.05, 3.63) is 0 Å². The Kier molecular flexibility index (Phi) is 3.97. The highest BCUT2D eigenvalue weighted by Crippen LogP contribution is 2.23. The van der Waals surface area contributed by atoms with E-state index >= 15 is 0 Å². The first-order valence-corrected chi connectivity index (χ1v) is 4.90. The monoisotopic (exact) mass is 255 g/mol. The number of aliphatic carboxylic acids is 1. The highest BCUT2D eigenvalue weighted by molar-refractivity contribution is 5.82.